The summed E-state index contributed by atoms with van der Waals surface area (Å²) in [6.45, 7) is 9.87. The van der Waals surface area contributed by atoms with Gasteiger partial charge in [-0.3, -0.25) is 10.3 Å². The molecule has 0 saturated carbocycles. The van der Waals surface area contributed by atoms with Crippen LogP contribution in [0.1, 0.15) is 40.0 Å². The minimum Gasteiger partial charge on any atom is -0.336 e. The van der Waals surface area contributed by atoms with Crippen molar-refractivity contribution < 1.29 is 0 Å². The van der Waals surface area contributed by atoms with E-state index in [4.69, 9.17) is 5.84 Å². The van der Waals surface area contributed by atoms with Gasteiger partial charge < -0.3 is 4.90 Å². The van der Waals surface area contributed by atoms with Crippen molar-refractivity contribution in [1.82, 2.24) is 15.2 Å². The lowest BCUT2D eigenvalue weighted by molar-refractivity contribution is 0.0484. The van der Waals surface area contributed by atoms with E-state index in [2.05, 4.69) is 41.0 Å². The summed E-state index contributed by atoms with van der Waals surface area (Å²) >= 11 is 0. The van der Waals surface area contributed by atoms with E-state index in [1.807, 2.05) is 0 Å². The van der Waals surface area contributed by atoms with Crippen LogP contribution in [-0.2, 0) is 0 Å². The quantitative estimate of drug-likeness (QED) is 0.314. The van der Waals surface area contributed by atoms with Crippen molar-refractivity contribution in [3.05, 3.63) is 0 Å². The van der Waals surface area contributed by atoms with E-state index in [0.717, 1.165) is 19.0 Å². The Kier molecular flexibility index (Phi) is 4.45. The van der Waals surface area contributed by atoms with Crippen LogP contribution in [0.25, 0.3) is 0 Å². The molecule has 0 bridgehead atoms. The van der Waals surface area contributed by atoms with Crippen LogP contribution >= 0.6 is 0 Å². The molecule has 2 aliphatic heterocycles. The van der Waals surface area contributed by atoms with Crippen molar-refractivity contribution in [2.45, 2.75) is 58.2 Å². The number of nitrogens with one attached hydrogen (secondary N) is 1. The summed E-state index contributed by atoms with van der Waals surface area (Å²) in [6.07, 6.45) is 4.02. The molecule has 0 spiro atoms. The minimum atomic E-state index is 0.271. The molecule has 0 aromatic heterocycles. The van der Waals surface area contributed by atoms with Gasteiger partial charge in [-0.15, -0.1) is 0 Å². The van der Waals surface area contributed by atoms with Gasteiger partial charge in [0, 0.05) is 31.2 Å². The normalized spacial score (nSPS) is 30.5. The molecule has 5 heteroatoms. The largest absolute Gasteiger partial charge is 0.336 e. The van der Waals surface area contributed by atoms with E-state index in [1.54, 1.807) is 0 Å². The zero-order valence-corrected chi connectivity index (χ0v) is 11.9. The average molecular weight is 253 g/mol. The van der Waals surface area contributed by atoms with Gasteiger partial charge in [-0.05, 0) is 40.2 Å². The molecule has 2 heterocycles. The lowest BCUT2D eigenvalue weighted by atomic mass is 9.97. The number of hydrogen-bond acceptors (Lipinski definition) is 3. The minimum absolute atomic E-state index is 0.271. The zero-order chi connectivity index (χ0) is 13.1. The van der Waals surface area contributed by atoms with Gasteiger partial charge in [0.2, 0.25) is 5.96 Å². The molecule has 104 valence electrons. The molecule has 2 fully saturated rings. The smallest absolute Gasteiger partial charge is 0.208 e. The molecule has 0 aromatic carbocycles. The summed E-state index contributed by atoms with van der Waals surface area (Å²) in [5.74, 6) is 6.50. The SMILES string of the molecule is CC(C)N=C(NN)N1CC2CCCCN2CC1C. The van der Waals surface area contributed by atoms with Gasteiger partial charge >= 0.3 is 0 Å². The standard InChI is InChI=1S/C13H27N5/c1-10(2)15-13(16-14)18-9-12-6-4-5-7-17(12)8-11(18)3/h10-12H,4-9,14H2,1-3H3,(H,15,16). The molecule has 2 unspecified atom stereocenters. The zero-order valence-electron chi connectivity index (χ0n) is 11.9. The molecule has 2 rings (SSSR count). The second kappa shape index (κ2) is 5.89. The number of hydrazine groups is 1. The number of rotatable bonds is 1. The molecule has 5 nitrogen and oxygen atoms in total. The van der Waals surface area contributed by atoms with Crippen LogP contribution in [0, 0.1) is 0 Å². The monoisotopic (exact) mass is 253 g/mol. The number of nitrogens with two attached hydrogens (primary N) is 1. The predicted molar refractivity (Wildman–Crippen MR) is 75.3 cm³/mol. The van der Waals surface area contributed by atoms with Crippen LogP contribution in [0.4, 0.5) is 0 Å². The molecule has 3 N–H and O–H groups in total. The Morgan fingerprint density at radius 1 is 1.33 bits per heavy atom. The second-order valence-electron chi connectivity index (χ2n) is 5.84. The van der Waals surface area contributed by atoms with Gasteiger partial charge in [0.1, 0.15) is 0 Å². The number of guanidine groups is 1. The van der Waals surface area contributed by atoms with Gasteiger partial charge in [0.05, 0.1) is 0 Å². The Hall–Kier alpha value is -0.810. The molecule has 2 saturated heterocycles. The first-order valence-electron chi connectivity index (χ1n) is 7.17. The Morgan fingerprint density at radius 3 is 2.78 bits per heavy atom. The van der Waals surface area contributed by atoms with Crippen LogP contribution in [0.2, 0.25) is 0 Å². The highest BCUT2D eigenvalue weighted by atomic mass is 15.4. The van der Waals surface area contributed by atoms with E-state index >= 15 is 0 Å². The van der Waals surface area contributed by atoms with Crippen molar-refractivity contribution in [1.29, 1.82) is 0 Å². The van der Waals surface area contributed by atoms with E-state index < -0.39 is 0 Å². The summed E-state index contributed by atoms with van der Waals surface area (Å²) < 4.78 is 0. The van der Waals surface area contributed by atoms with E-state index in [9.17, 15) is 0 Å². The third-order valence-corrected chi connectivity index (χ3v) is 3.97. The second-order valence-corrected chi connectivity index (χ2v) is 5.84. The molecule has 0 radical (unpaired) electrons. The molecular weight excluding hydrogens is 226 g/mol. The van der Waals surface area contributed by atoms with Crippen LogP contribution in [0.3, 0.4) is 0 Å². The fraction of sp³-hybridized carbons (Fsp3) is 0.923. The van der Waals surface area contributed by atoms with Crippen molar-refractivity contribution >= 4 is 5.96 Å². The Balaban J connectivity index is 2.08. The van der Waals surface area contributed by atoms with Crippen molar-refractivity contribution in [3.8, 4) is 0 Å². The number of hydrogen-bond donors (Lipinski definition) is 2. The predicted octanol–water partition coefficient (Wildman–Crippen LogP) is 0.773. The average Bonchev–Trinajstić information content (AvgIpc) is 2.35. The Morgan fingerprint density at radius 2 is 2.11 bits per heavy atom. The van der Waals surface area contributed by atoms with Crippen LogP contribution in [-0.4, -0.2) is 53.5 Å². The number of fused-ring (bicyclic) bond motifs is 1. The molecule has 0 amide bonds. The van der Waals surface area contributed by atoms with Crippen LogP contribution in [0.15, 0.2) is 4.99 Å². The van der Waals surface area contributed by atoms with Crippen molar-refractivity contribution in [3.63, 3.8) is 0 Å². The summed E-state index contributed by atoms with van der Waals surface area (Å²) in [5.41, 5.74) is 2.79. The Labute approximate surface area is 110 Å². The lowest BCUT2D eigenvalue weighted by Gasteiger charge is -2.48. The molecule has 2 aliphatic rings. The highest BCUT2D eigenvalue weighted by Crippen LogP contribution is 2.23. The molecule has 0 aliphatic carbocycles. The van der Waals surface area contributed by atoms with E-state index in [0.29, 0.717) is 12.1 Å². The third-order valence-electron chi connectivity index (χ3n) is 3.97. The van der Waals surface area contributed by atoms with E-state index in [-0.39, 0.29) is 6.04 Å². The lowest BCUT2D eigenvalue weighted by Crippen LogP contribution is -2.62. The maximum atomic E-state index is 5.65. The van der Waals surface area contributed by atoms with Gasteiger partial charge in [-0.25, -0.2) is 10.8 Å². The highest BCUT2D eigenvalue weighted by molar-refractivity contribution is 5.80. The van der Waals surface area contributed by atoms with Crippen molar-refractivity contribution in [2.75, 3.05) is 19.6 Å². The highest BCUT2D eigenvalue weighted by Gasteiger charge is 2.34. The summed E-state index contributed by atoms with van der Waals surface area (Å²) in [6, 6.07) is 1.43. The first kappa shape index (κ1) is 13.6. The molecular formula is C13H27N5. The van der Waals surface area contributed by atoms with Gasteiger partial charge in [0.15, 0.2) is 0 Å². The summed E-state index contributed by atoms with van der Waals surface area (Å²) in [5, 5.41) is 0. The fourth-order valence-electron chi connectivity index (χ4n) is 3.09. The Bertz CT molecular complexity index is 302. The summed E-state index contributed by atoms with van der Waals surface area (Å²) in [4.78, 5) is 9.57. The number of aliphatic imine (C=N–C) groups is 1. The first-order valence-corrected chi connectivity index (χ1v) is 7.17. The maximum absolute atomic E-state index is 5.65. The molecule has 18 heavy (non-hydrogen) atoms. The van der Waals surface area contributed by atoms with Gasteiger partial charge in [-0.1, -0.05) is 6.42 Å². The molecule has 0 aromatic rings. The van der Waals surface area contributed by atoms with Crippen LogP contribution < -0.4 is 11.3 Å². The number of piperidine rings is 1. The van der Waals surface area contributed by atoms with Gasteiger partial charge in [-0.2, -0.15) is 0 Å². The first-order chi connectivity index (χ1) is 8.61. The summed E-state index contributed by atoms with van der Waals surface area (Å²) in [7, 11) is 0. The fourth-order valence-corrected chi connectivity index (χ4v) is 3.09. The number of nitrogens with zero attached hydrogens (tertiary/aromatic N) is 3. The van der Waals surface area contributed by atoms with Crippen LogP contribution in [0.5, 0.6) is 0 Å². The third kappa shape index (κ3) is 2.95. The number of piperazine rings is 1. The van der Waals surface area contributed by atoms with Crippen molar-refractivity contribution in [2.24, 2.45) is 10.8 Å². The van der Waals surface area contributed by atoms with Gasteiger partial charge in [0.25, 0.3) is 0 Å². The maximum Gasteiger partial charge on any atom is 0.208 e. The van der Waals surface area contributed by atoms with E-state index in [1.165, 1.54) is 25.8 Å². The topological polar surface area (TPSA) is 56.9 Å². The molecule has 2 atom stereocenters.